The number of nitrogens with zero attached hydrogens (tertiary/aromatic N) is 2. The van der Waals surface area contributed by atoms with Crippen LogP contribution in [0.15, 0.2) is 30.3 Å². The largest absolute Gasteiger partial charge is 0.376 e. The first-order valence-corrected chi connectivity index (χ1v) is 10.2. The summed E-state index contributed by atoms with van der Waals surface area (Å²) in [5, 5.41) is 3.04. The van der Waals surface area contributed by atoms with E-state index in [1.54, 1.807) is 11.3 Å². The van der Waals surface area contributed by atoms with E-state index in [-0.39, 0.29) is 11.7 Å². The Kier molecular flexibility index (Phi) is 5.71. The third kappa shape index (κ3) is 4.48. The number of fused-ring (bicyclic) bond motifs is 1. The van der Waals surface area contributed by atoms with Crippen molar-refractivity contribution in [2.45, 2.75) is 13.0 Å². The highest BCUT2D eigenvalue weighted by Gasteiger charge is 2.19. The maximum Gasteiger partial charge on any atom is 0.261 e. The fourth-order valence-corrected chi connectivity index (χ4v) is 4.62. The van der Waals surface area contributed by atoms with Crippen molar-refractivity contribution in [2.24, 2.45) is 0 Å². The molecule has 1 saturated heterocycles. The standard InChI is InChI=1S/C20H24FN3O2S/c21-16-1-3-17(4-2-16)24-10-8-23(9-11-24)7-6-22-20(25)19-13-15-14-26-12-5-18(15)27-19/h1-4,13H,5-12,14H2,(H,22,25). The predicted octanol–water partition coefficient (Wildman–Crippen LogP) is 2.51. The number of amides is 1. The summed E-state index contributed by atoms with van der Waals surface area (Å²) in [7, 11) is 0. The number of piperazine rings is 1. The lowest BCUT2D eigenvalue weighted by molar-refractivity contribution is 0.0951. The summed E-state index contributed by atoms with van der Waals surface area (Å²) in [5.41, 5.74) is 2.23. The molecule has 1 aromatic heterocycles. The number of carbonyl (C=O) groups is 1. The Morgan fingerprint density at radius 2 is 1.96 bits per heavy atom. The van der Waals surface area contributed by atoms with E-state index in [2.05, 4.69) is 15.1 Å². The highest BCUT2D eigenvalue weighted by atomic mass is 32.1. The fraction of sp³-hybridized carbons (Fsp3) is 0.450. The molecule has 0 atom stereocenters. The summed E-state index contributed by atoms with van der Waals surface area (Å²) in [6.07, 6.45) is 0.908. The Balaban J connectivity index is 1.20. The fourth-order valence-electron chi connectivity index (χ4n) is 3.56. The molecule has 0 bridgehead atoms. The Hall–Kier alpha value is -1.96. The van der Waals surface area contributed by atoms with Crippen molar-refractivity contribution in [3.8, 4) is 0 Å². The molecular formula is C20H24FN3O2S. The Labute approximate surface area is 162 Å². The first-order valence-electron chi connectivity index (χ1n) is 9.39. The van der Waals surface area contributed by atoms with Crippen LogP contribution in [0.1, 0.15) is 20.1 Å². The van der Waals surface area contributed by atoms with E-state index in [0.29, 0.717) is 13.2 Å². The number of hydrogen-bond donors (Lipinski definition) is 1. The summed E-state index contributed by atoms with van der Waals surface area (Å²) in [6.45, 7) is 6.58. The van der Waals surface area contributed by atoms with Crippen molar-refractivity contribution >= 4 is 22.9 Å². The Morgan fingerprint density at radius 3 is 2.70 bits per heavy atom. The second-order valence-corrected chi connectivity index (χ2v) is 8.06. The molecule has 0 saturated carbocycles. The van der Waals surface area contributed by atoms with Gasteiger partial charge >= 0.3 is 0 Å². The number of ether oxygens (including phenoxy) is 1. The van der Waals surface area contributed by atoms with E-state index in [9.17, 15) is 9.18 Å². The Bertz CT molecular complexity index is 762. The molecule has 0 aliphatic carbocycles. The topological polar surface area (TPSA) is 44.8 Å². The zero-order chi connectivity index (χ0) is 18.6. The van der Waals surface area contributed by atoms with Gasteiger partial charge in [0.05, 0.1) is 18.1 Å². The second kappa shape index (κ2) is 8.37. The number of nitrogens with one attached hydrogen (secondary N) is 1. The molecule has 1 fully saturated rings. The minimum absolute atomic E-state index is 0.0133. The molecule has 27 heavy (non-hydrogen) atoms. The van der Waals surface area contributed by atoms with Crippen LogP contribution in [0.2, 0.25) is 0 Å². The van der Waals surface area contributed by atoms with Gasteiger partial charge in [-0.1, -0.05) is 0 Å². The molecule has 2 aliphatic rings. The number of hydrogen-bond acceptors (Lipinski definition) is 5. The van der Waals surface area contributed by atoms with E-state index in [1.165, 1.54) is 17.0 Å². The molecule has 144 valence electrons. The average molecular weight is 389 g/mol. The third-order valence-electron chi connectivity index (χ3n) is 5.13. The number of benzene rings is 1. The zero-order valence-corrected chi connectivity index (χ0v) is 16.1. The van der Waals surface area contributed by atoms with Crippen LogP contribution >= 0.6 is 11.3 Å². The zero-order valence-electron chi connectivity index (χ0n) is 15.2. The van der Waals surface area contributed by atoms with E-state index in [4.69, 9.17) is 4.74 Å². The molecule has 4 rings (SSSR count). The van der Waals surface area contributed by atoms with Gasteiger partial charge in [0.1, 0.15) is 5.82 Å². The molecule has 0 unspecified atom stereocenters. The number of thiophene rings is 1. The van der Waals surface area contributed by atoms with Crippen LogP contribution < -0.4 is 10.2 Å². The molecule has 2 aliphatic heterocycles. The molecule has 0 spiro atoms. The summed E-state index contributed by atoms with van der Waals surface area (Å²) in [5.74, 6) is -0.188. The van der Waals surface area contributed by atoms with Crippen molar-refractivity contribution < 1.29 is 13.9 Å². The molecule has 7 heteroatoms. The van der Waals surface area contributed by atoms with E-state index in [1.807, 2.05) is 18.2 Å². The number of carbonyl (C=O) groups excluding carboxylic acids is 1. The van der Waals surface area contributed by atoms with Crippen molar-refractivity contribution in [2.75, 3.05) is 50.8 Å². The summed E-state index contributed by atoms with van der Waals surface area (Å²) >= 11 is 1.59. The van der Waals surface area contributed by atoms with Gasteiger partial charge in [-0.25, -0.2) is 4.39 Å². The van der Waals surface area contributed by atoms with Crippen molar-refractivity contribution in [3.63, 3.8) is 0 Å². The van der Waals surface area contributed by atoms with Gasteiger partial charge in [0.2, 0.25) is 0 Å². The van der Waals surface area contributed by atoms with Gasteiger partial charge in [0.25, 0.3) is 5.91 Å². The van der Waals surface area contributed by atoms with E-state index < -0.39 is 0 Å². The van der Waals surface area contributed by atoms with Crippen LogP contribution in [0.25, 0.3) is 0 Å². The van der Waals surface area contributed by atoms with Gasteiger partial charge in [0, 0.05) is 56.3 Å². The summed E-state index contributed by atoms with van der Waals surface area (Å²) < 4.78 is 18.5. The molecule has 1 amide bonds. The number of halogens is 1. The molecule has 1 N–H and O–H groups in total. The number of rotatable bonds is 5. The van der Waals surface area contributed by atoms with Crippen LogP contribution in [-0.2, 0) is 17.8 Å². The maximum absolute atomic E-state index is 13.0. The van der Waals surface area contributed by atoms with Crippen molar-refractivity contribution in [3.05, 3.63) is 51.5 Å². The first-order chi connectivity index (χ1) is 13.2. The van der Waals surface area contributed by atoms with Gasteiger partial charge < -0.3 is 15.0 Å². The maximum atomic E-state index is 13.0. The van der Waals surface area contributed by atoms with Crippen LogP contribution in [-0.4, -0.2) is 56.7 Å². The van der Waals surface area contributed by atoms with Gasteiger partial charge in [-0.3, -0.25) is 9.69 Å². The third-order valence-corrected chi connectivity index (χ3v) is 6.36. The minimum Gasteiger partial charge on any atom is -0.376 e. The number of anilines is 1. The van der Waals surface area contributed by atoms with Crippen molar-refractivity contribution in [1.82, 2.24) is 10.2 Å². The summed E-state index contributed by atoms with van der Waals surface area (Å²) in [4.78, 5) is 19.1. The molecular weight excluding hydrogens is 365 g/mol. The minimum atomic E-state index is -0.202. The monoisotopic (exact) mass is 389 g/mol. The first kappa shape index (κ1) is 18.4. The Morgan fingerprint density at radius 1 is 1.19 bits per heavy atom. The lowest BCUT2D eigenvalue weighted by Gasteiger charge is -2.36. The summed E-state index contributed by atoms with van der Waals surface area (Å²) in [6, 6.07) is 8.64. The molecule has 5 nitrogen and oxygen atoms in total. The molecule has 0 radical (unpaired) electrons. The average Bonchev–Trinajstić information content (AvgIpc) is 3.14. The van der Waals surface area contributed by atoms with Crippen LogP contribution in [0.4, 0.5) is 10.1 Å². The normalized spacial score (nSPS) is 17.6. The lowest BCUT2D eigenvalue weighted by atomic mass is 10.2. The molecule has 1 aromatic carbocycles. The van der Waals surface area contributed by atoms with E-state index in [0.717, 1.165) is 61.9 Å². The lowest BCUT2D eigenvalue weighted by Crippen LogP contribution is -2.48. The predicted molar refractivity (Wildman–Crippen MR) is 105 cm³/mol. The van der Waals surface area contributed by atoms with Crippen LogP contribution in [0.5, 0.6) is 0 Å². The van der Waals surface area contributed by atoms with Crippen LogP contribution in [0, 0.1) is 5.82 Å². The van der Waals surface area contributed by atoms with Crippen LogP contribution in [0.3, 0.4) is 0 Å². The van der Waals surface area contributed by atoms with Gasteiger partial charge in [-0.15, -0.1) is 11.3 Å². The molecule has 3 heterocycles. The van der Waals surface area contributed by atoms with E-state index >= 15 is 0 Å². The smallest absolute Gasteiger partial charge is 0.261 e. The quantitative estimate of drug-likeness (QED) is 0.854. The van der Waals surface area contributed by atoms with Gasteiger partial charge in [0.15, 0.2) is 0 Å². The highest BCUT2D eigenvalue weighted by molar-refractivity contribution is 7.14. The van der Waals surface area contributed by atoms with Crippen molar-refractivity contribution in [1.29, 1.82) is 0 Å². The SMILES string of the molecule is O=C(NCCN1CCN(c2ccc(F)cc2)CC1)c1cc2c(s1)CCOC2. The van der Waals surface area contributed by atoms with Gasteiger partial charge in [-0.05, 0) is 35.9 Å². The molecule has 2 aromatic rings. The second-order valence-electron chi connectivity index (χ2n) is 6.92. The van der Waals surface area contributed by atoms with Gasteiger partial charge in [-0.2, -0.15) is 0 Å². The highest BCUT2D eigenvalue weighted by Crippen LogP contribution is 2.26.